The van der Waals surface area contributed by atoms with Gasteiger partial charge in [0.1, 0.15) is 0 Å². The smallest absolute Gasteiger partial charge is 0.0576 e. The van der Waals surface area contributed by atoms with Crippen LogP contribution in [0.15, 0.2) is 0 Å². The Morgan fingerprint density at radius 2 is 2.14 bits per heavy atom. The van der Waals surface area contributed by atoms with Crippen molar-refractivity contribution in [1.82, 2.24) is 5.32 Å². The molecule has 0 aromatic rings. The summed E-state index contributed by atoms with van der Waals surface area (Å²) in [5.74, 6) is 0.734. The van der Waals surface area contributed by atoms with Crippen molar-refractivity contribution < 1.29 is 4.74 Å². The summed E-state index contributed by atoms with van der Waals surface area (Å²) < 4.78 is 5.58. The molecule has 0 aromatic carbocycles. The fraction of sp³-hybridized carbons (Fsp3) is 1.00. The SMILES string of the molecule is CC(C)C(C)NCCCC1CCCO1. The number of hydrogen-bond donors (Lipinski definition) is 1. The van der Waals surface area contributed by atoms with E-state index >= 15 is 0 Å². The summed E-state index contributed by atoms with van der Waals surface area (Å²) in [6.45, 7) is 8.91. The van der Waals surface area contributed by atoms with E-state index in [0.717, 1.165) is 19.1 Å². The summed E-state index contributed by atoms with van der Waals surface area (Å²) >= 11 is 0. The molecule has 1 saturated heterocycles. The van der Waals surface area contributed by atoms with Gasteiger partial charge < -0.3 is 10.1 Å². The molecule has 14 heavy (non-hydrogen) atoms. The van der Waals surface area contributed by atoms with Gasteiger partial charge in [0.15, 0.2) is 0 Å². The minimum Gasteiger partial charge on any atom is -0.378 e. The van der Waals surface area contributed by atoms with Crippen LogP contribution in [0.2, 0.25) is 0 Å². The van der Waals surface area contributed by atoms with Gasteiger partial charge in [-0.05, 0) is 45.1 Å². The monoisotopic (exact) mass is 199 g/mol. The van der Waals surface area contributed by atoms with Gasteiger partial charge in [0.2, 0.25) is 0 Å². The van der Waals surface area contributed by atoms with E-state index in [1.807, 2.05) is 0 Å². The largest absolute Gasteiger partial charge is 0.378 e. The molecule has 0 aromatic heterocycles. The van der Waals surface area contributed by atoms with Crippen LogP contribution in [0.1, 0.15) is 46.5 Å². The van der Waals surface area contributed by atoms with Crippen molar-refractivity contribution in [3.8, 4) is 0 Å². The molecule has 1 N–H and O–H groups in total. The maximum Gasteiger partial charge on any atom is 0.0576 e. The summed E-state index contributed by atoms with van der Waals surface area (Å²) in [4.78, 5) is 0. The minimum absolute atomic E-state index is 0.561. The van der Waals surface area contributed by atoms with E-state index in [4.69, 9.17) is 4.74 Å². The van der Waals surface area contributed by atoms with Crippen molar-refractivity contribution in [2.24, 2.45) is 5.92 Å². The number of ether oxygens (including phenoxy) is 1. The van der Waals surface area contributed by atoms with Gasteiger partial charge in [0.25, 0.3) is 0 Å². The first-order valence-corrected chi connectivity index (χ1v) is 6.05. The Hall–Kier alpha value is -0.0800. The Kier molecular flexibility index (Phi) is 5.49. The Labute approximate surface area is 88.4 Å². The van der Waals surface area contributed by atoms with Crippen molar-refractivity contribution >= 4 is 0 Å². The van der Waals surface area contributed by atoms with Gasteiger partial charge in [-0.2, -0.15) is 0 Å². The molecule has 0 bridgehead atoms. The highest BCUT2D eigenvalue weighted by Gasteiger charge is 2.14. The second-order valence-electron chi connectivity index (χ2n) is 4.76. The third kappa shape index (κ3) is 4.43. The number of hydrogen-bond acceptors (Lipinski definition) is 2. The molecule has 2 atom stereocenters. The lowest BCUT2D eigenvalue weighted by atomic mass is 10.1. The highest BCUT2D eigenvalue weighted by molar-refractivity contribution is 4.67. The Morgan fingerprint density at radius 3 is 2.71 bits per heavy atom. The molecule has 2 nitrogen and oxygen atoms in total. The average molecular weight is 199 g/mol. The van der Waals surface area contributed by atoms with Crippen molar-refractivity contribution in [2.75, 3.05) is 13.2 Å². The average Bonchev–Trinajstić information content (AvgIpc) is 2.64. The maximum absolute atomic E-state index is 5.58. The first-order chi connectivity index (χ1) is 6.70. The van der Waals surface area contributed by atoms with E-state index < -0.39 is 0 Å². The maximum atomic E-state index is 5.58. The lowest BCUT2D eigenvalue weighted by Gasteiger charge is -2.17. The summed E-state index contributed by atoms with van der Waals surface area (Å²) in [6.07, 6.45) is 5.59. The van der Waals surface area contributed by atoms with Crippen LogP contribution in [0.25, 0.3) is 0 Å². The van der Waals surface area contributed by atoms with E-state index in [2.05, 4.69) is 26.1 Å². The second kappa shape index (κ2) is 6.41. The predicted octanol–water partition coefficient (Wildman–Crippen LogP) is 2.58. The van der Waals surface area contributed by atoms with Gasteiger partial charge in [-0.3, -0.25) is 0 Å². The molecular formula is C12H25NO. The predicted molar refractivity (Wildman–Crippen MR) is 60.5 cm³/mol. The highest BCUT2D eigenvalue weighted by Crippen LogP contribution is 2.16. The van der Waals surface area contributed by atoms with E-state index in [9.17, 15) is 0 Å². The zero-order valence-corrected chi connectivity index (χ0v) is 9.88. The minimum atomic E-state index is 0.561. The first-order valence-electron chi connectivity index (χ1n) is 6.05. The third-order valence-electron chi connectivity index (χ3n) is 3.19. The zero-order valence-electron chi connectivity index (χ0n) is 9.88. The molecule has 1 fully saturated rings. The van der Waals surface area contributed by atoms with Gasteiger partial charge in [-0.15, -0.1) is 0 Å². The van der Waals surface area contributed by atoms with Crippen LogP contribution in [0.3, 0.4) is 0 Å². The second-order valence-corrected chi connectivity index (χ2v) is 4.76. The van der Waals surface area contributed by atoms with Gasteiger partial charge in [-0.1, -0.05) is 13.8 Å². The Morgan fingerprint density at radius 1 is 1.36 bits per heavy atom. The molecule has 1 aliphatic rings. The van der Waals surface area contributed by atoms with Crippen LogP contribution in [0.5, 0.6) is 0 Å². The van der Waals surface area contributed by atoms with Crippen molar-refractivity contribution in [1.29, 1.82) is 0 Å². The molecule has 1 heterocycles. The zero-order chi connectivity index (χ0) is 10.4. The standard InChI is InChI=1S/C12H25NO/c1-10(2)11(3)13-8-4-6-12-7-5-9-14-12/h10-13H,4-9H2,1-3H3. The van der Waals surface area contributed by atoms with Crippen molar-refractivity contribution in [2.45, 2.75) is 58.6 Å². The summed E-state index contributed by atoms with van der Waals surface area (Å²) in [5, 5.41) is 3.55. The molecule has 84 valence electrons. The molecule has 0 aliphatic carbocycles. The fourth-order valence-electron chi connectivity index (χ4n) is 1.77. The molecular weight excluding hydrogens is 174 g/mol. The molecule has 2 heteroatoms. The number of nitrogens with one attached hydrogen (secondary N) is 1. The lowest BCUT2D eigenvalue weighted by Crippen LogP contribution is -2.31. The van der Waals surface area contributed by atoms with Crippen LogP contribution in [-0.4, -0.2) is 25.3 Å². The molecule has 0 saturated carbocycles. The fourth-order valence-corrected chi connectivity index (χ4v) is 1.77. The van der Waals surface area contributed by atoms with Crippen LogP contribution >= 0.6 is 0 Å². The molecule has 0 radical (unpaired) electrons. The van der Waals surface area contributed by atoms with Crippen LogP contribution < -0.4 is 5.32 Å². The van der Waals surface area contributed by atoms with Gasteiger partial charge in [0.05, 0.1) is 6.10 Å². The molecule has 1 rings (SSSR count). The quantitative estimate of drug-likeness (QED) is 0.664. The van der Waals surface area contributed by atoms with Gasteiger partial charge in [0, 0.05) is 12.6 Å². The topological polar surface area (TPSA) is 21.3 Å². The highest BCUT2D eigenvalue weighted by atomic mass is 16.5. The molecule has 0 amide bonds. The lowest BCUT2D eigenvalue weighted by molar-refractivity contribution is 0.102. The molecule has 2 unspecified atom stereocenters. The summed E-state index contributed by atoms with van der Waals surface area (Å²) in [7, 11) is 0. The van der Waals surface area contributed by atoms with Crippen molar-refractivity contribution in [3.63, 3.8) is 0 Å². The Bertz CT molecular complexity index is 137. The van der Waals surface area contributed by atoms with E-state index in [1.54, 1.807) is 0 Å². The number of rotatable bonds is 6. The molecule has 0 spiro atoms. The van der Waals surface area contributed by atoms with Crippen molar-refractivity contribution in [3.05, 3.63) is 0 Å². The van der Waals surface area contributed by atoms with Gasteiger partial charge in [-0.25, -0.2) is 0 Å². The van der Waals surface area contributed by atoms with E-state index in [0.29, 0.717) is 12.1 Å². The van der Waals surface area contributed by atoms with E-state index in [1.165, 1.54) is 25.7 Å². The Balaban J connectivity index is 1.93. The van der Waals surface area contributed by atoms with Crippen LogP contribution in [0.4, 0.5) is 0 Å². The molecule has 1 aliphatic heterocycles. The summed E-state index contributed by atoms with van der Waals surface area (Å²) in [5.41, 5.74) is 0. The van der Waals surface area contributed by atoms with E-state index in [-0.39, 0.29) is 0 Å². The van der Waals surface area contributed by atoms with Crippen LogP contribution in [0, 0.1) is 5.92 Å². The first kappa shape index (κ1) is 12.0. The summed E-state index contributed by atoms with van der Waals surface area (Å²) in [6, 6.07) is 0.638. The third-order valence-corrected chi connectivity index (χ3v) is 3.19. The normalized spacial score (nSPS) is 24.4. The van der Waals surface area contributed by atoms with Crippen LogP contribution in [-0.2, 0) is 4.74 Å². The van der Waals surface area contributed by atoms with Gasteiger partial charge >= 0.3 is 0 Å².